The molecule has 1 aromatic rings. The molecule has 0 fully saturated rings. The zero-order valence-corrected chi connectivity index (χ0v) is 7.93. The molecule has 0 aliphatic rings. The van der Waals surface area contributed by atoms with Gasteiger partial charge in [-0.15, -0.1) is 0 Å². The molecule has 0 unspecified atom stereocenters. The number of ether oxygens (including phenoxy) is 1. The van der Waals surface area contributed by atoms with Gasteiger partial charge < -0.3 is 4.74 Å². The van der Waals surface area contributed by atoms with E-state index < -0.39 is 23.0 Å². The van der Waals surface area contributed by atoms with Crippen molar-refractivity contribution in [2.45, 2.75) is 13.3 Å². The monoisotopic (exact) mass is 200 g/mol. The first-order chi connectivity index (χ1) is 6.60. The zero-order chi connectivity index (χ0) is 10.7. The van der Waals surface area contributed by atoms with Crippen LogP contribution in [-0.4, -0.2) is 12.9 Å². The van der Waals surface area contributed by atoms with Crippen LogP contribution in [0.4, 0.5) is 8.78 Å². The van der Waals surface area contributed by atoms with Crippen molar-refractivity contribution in [1.29, 1.82) is 0 Å². The van der Waals surface area contributed by atoms with E-state index in [4.69, 9.17) is 0 Å². The van der Waals surface area contributed by atoms with Crippen molar-refractivity contribution in [3.63, 3.8) is 0 Å². The minimum absolute atomic E-state index is 0.0626. The van der Waals surface area contributed by atoms with Crippen LogP contribution in [0.1, 0.15) is 23.7 Å². The molecule has 0 spiro atoms. The Morgan fingerprint density at radius 3 is 2.21 bits per heavy atom. The summed E-state index contributed by atoms with van der Waals surface area (Å²) in [5.41, 5.74) is -0.492. The van der Waals surface area contributed by atoms with Gasteiger partial charge in [0, 0.05) is 18.6 Å². The standard InChI is InChI=1S/C10H10F2O2/c1-3-9(13)10-7(11)4-6(14-2)5-8(10)12/h4-5H,3H2,1-2H3. The van der Waals surface area contributed by atoms with Gasteiger partial charge in [-0.1, -0.05) is 6.92 Å². The summed E-state index contributed by atoms with van der Waals surface area (Å²) in [5, 5.41) is 0. The van der Waals surface area contributed by atoms with Crippen molar-refractivity contribution in [3.05, 3.63) is 29.3 Å². The number of ketones is 1. The summed E-state index contributed by atoms with van der Waals surface area (Å²) in [6, 6.07) is 1.98. The molecule has 1 aromatic carbocycles. The van der Waals surface area contributed by atoms with Gasteiger partial charge in [0.05, 0.1) is 12.7 Å². The molecule has 0 aliphatic heterocycles. The van der Waals surface area contributed by atoms with Gasteiger partial charge in [0.1, 0.15) is 17.4 Å². The highest BCUT2D eigenvalue weighted by Gasteiger charge is 2.17. The summed E-state index contributed by atoms with van der Waals surface area (Å²) in [4.78, 5) is 11.1. The SMILES string of the molecule is CCC(=O)c1c(F)cc(OC)cc1F. The van der Waals surface area contributed by atoms with Crippen molar-refractivity contribution in [2.75, 3.05) is 7.11 Å². The highest BCUT2D eigenvalue weighted by molar-refractivity contribution is 5.96. The lowest BCUT2D eigenvalue weighted by Crippen LogP contribution is -2.05. The molecule has 2 nitrogen and oxygen atoms in total. The number of Topliss-reactive ketones (excluding diaryl/α,β-unsaturated/α-hetero) is 1. The van der Waals surface area contributed by atoms with E-state index in [1.54, 1.807) is 6.92 Å². The van der Waals surface area contributed by atoms with Crippen LogP contribution in [0.5, 0.6) is 5.75 Å². The maximum atomic E-state index is 13.2. The largest absolute Gasteiger partial charge is 0.497 e. The summed E-state index contributed by atoms with van der Waals surface area (Å²) < 4.78 is 31.0. The van der Waals surface area contributed by atoms with E-state index in [1.807, 2.05) is 0 Å². The lowest BCUT2D eigenvalue weighted by Gasteiger charge is -2.05. The second-order valence-corrected chi connectivity index (χ2v) is 2.74. The van der Waals surface area contributed by atoms with E-state index in [0.717, 1.165) is 12.1 Å². The maximum absolute atomic E-state index is 13.2. The normalized spacial score (nSPS) is 10.0. The summed E-state index contributed by atoms with van der Waals surface area (Å²) in [6.07, 6.45) is 0.0696. The smallest absolute Gasteiger partial charge is 0.168 e. The third kappa shape index (κ3) is 1.89. The Bertz CT molecular complexity index is 338. The first-order valence-electron chi connectivity index (χ1n) is 4.16. The summed E-state index contributed by atoms with van der Waals surface area (Å²) in [6.45, 7) is 1.55. The second kappa shape index (κ2) is 4.17. The van der Waals surface area contributed by atoms with E-state index in [1.165, 1.54) is 7.11 Å². The number of hydrogen-bond donors (Lipinski definition) is 0. The van der Waals surface area contributed by atoms with Gasteiger partial charge >= 0.3 is 0 Å². The molecule has 0 aromatic heterocycles. The molecule has 0 heterocycles. The minimum atomic E-state index is -0.881. The summed E-state index contributed by atoms with van der Waals surface area (Å²) >= 11 is 0. The Morgan fingerprint density at radius 1 is 1.36 bits per heavy atom. The van der Waals surface area contributed by atoms with Crippen molar-refractivity contribution in [3.8, 4) is 5.75 Å². The van der Waals surface area contributed by atoms with E-state index in [2.05, 4.69) is 4.74 Å². The van der Waals surface area contributed by atoms with Crippen LogP contribution in [0.3, 0.4) is 0 Å². The molecule has 1 rings (SSSR count). The quantitative estimate of drug-likeness (QED) is 0.701. The highest BCUT2D eigenvalue weighted by Crippen LogP contribution is 2.21. The van der Waals surface area contributed by atoms with Gasteiger partial charge in [0.2, 0.25) is 0 Å². The van der Waals surface area contributed by atoms with Crippen molar-refractivity contribution in [2.24, 2.45) is 0 Å². The number of benzene rings is 1. The van der Waals surface area contributed by atoms with Crippen LogP contribution < -0.4 is 4.74 Å². The lowest BCUT2D eigenvalue weighted by atomic mass is 10.1. The molecule has 0 aliphatic carbocycles. The highest BCUT2D eigenvalue weighted by atomic mass is 19.1. The zero-order valence-electron chi connectivity index (χ0n) is 7.93. The van der Waals surface area contributed by atoms with Gasteiger partial charge in [-0.3, -0.25) is 4.79 Å². The Labute approximate surface area is 80.5 Å². The number of hydrogen-bond acceptors (Lipinski definition) is 2. The fourth-order valence-electron chi connectivity index (χ4n) is 1.11. The maximum Gasteiger partial charge on any atom is 0.168 e. The van der Waals surface area contributed by atoms with E-state index in [-0.39, 0.29) is 12.2 Å². The van der Waals surface area contributed by atoms with Gasteiger partial charge in [0.15, 0.2) is 5.78 Å². The lowest BCUT2D eigenvalue weighted by molar-refractivity contribution is 0.0980. The Balaban J connectivity index is 3.25. The van der Waals surface area contributed by atoms with Crippen LogP contribution in [0.2, 0.25) is 0 Å². The predicted molar refractivity (Wildman–Crippen MR) is 47.5 cm³/mol. The third-order valence-corrected chi connectivity index (χ3v) is 1.85. The van der Waals surface area contributed by atoms with Gasteiger partial charge in [-0.05, 0) is 0 Å². The van der Waals surface area contributed by atoms with Crippen LogP contribution >= 0.6 is 0 Å². The fourth-order valence-corrected chi connectivity index (χ4v) is 1.11. The van der Waals surface area contributed by atoms with Crippen LogP contribution in [0.15, 0.2) is 12.1 Å². The van der Waals surface area contributed by atoms with Gasteiger partial charge in [-0.25, -0.2) is 8.78 Å². The molecular weight excluding hydrogens is 190 g/mol. The molecule has 0 atom stereocenters. The number of rotatable bonds is 3. The number of carbonyl (C=O) groups excluding carboxylic acids is 1. The Morgan fingerprint density at radius 2 is 1.86 bits per heavy atom. The number of halogens is 2. The van der Waals surface area contributed by atoms with Crippen molar-refractivity contribution >= 4 is 5.78 Å². The Kier molecular flexibility index (Phi) is 3.17. The molecule has 0 saturated carbocycles. The molecule has 14 heavy (non-hydrogen) atoms. The number of carbonyl (C=O) groups is 1. The van der Waals surface area contributed by atoms with Gasteiger partial charge in [0.25, 0.3) is 0 Å². The molecule has 0 N–H and O–H groups in total. The average Bonchev–Trinajstić information content (AvgIpc) is 2.16. The molecular formula is C10H10F2O2. The van der Waals surface area contributed by atoms with E-state index in [9.17, 15) is 13.6 Å². The predicted octanol–water partition coefficient (Wildman–Crippen LogP) is 2.57. The average molecular weight is 200 g/mol. The summed E-state index contributed by atoms with van der Waals surface area (Å²) in [5.74, 6) is -2.25. The fraction of sp³-hybridized carbons (Fsp3) is 0.300. The molecule has 0 amide bonds. The molecule has 4 heteroatoms. The molecule has 0 saturated heterocycles. The number of methoxy groups -OCH3 is 1. The minimum Gasteiger partial charge on any atom is -0.497 e. The third-order valence-electron chi connectivity index (χ3n) is 1.85. The van der Waals surface area contributed by atoms with Gasteiger partial charge in [-0.2, -0.15) is 0 Å². The second-order valence-electron chi connectivity index (χ2n) is 2.74. The topological polar surface area (TPSA) is 26.3 Å². The van der Waals surface area contributed by atoms with Crippen LogP contribution in [0, 0.1) is 11.6 Å². The molecule has 76 valence electrons. The Hall–Kier alpha value is -1.45. The first kappa shape index (κ1) is 10.6. The van der Waals surface area contributed by atoms with E-state index >= 15 is 0 Å². The van der Waals surface area contributed by atoms with Crippen molar-refractivity contribution < 1.29 is 18.3 Å². The molecule has 0 bridgehead atoms. The van der Waals surface area contributed by atoms with Crippen molar-refractivity contribution in [1.82, 2.24) is 0 Å². The summed E-state index contributed by atoms with van der Waals surface area (Å²) in [7, 11) is 1.30. The van der Waals surface area contributed by atoms with E-state index in [0.29, 0.717) is 0 Å². The van der Waals surface area contributed by atoms with Crippen LogP contribution in [-0.2, 0) is 0 Å². The first-order valence-corrected chi connectivity index (χ1v) is 4.16. The van der Waals surface area contributed by atoms with Crippen LogP contribution in [0.25, 0.3) is 0 Å². The molecule has 0 radical (unpaired) electrons.